The van der Waals surface area contributed by atoms with Gasteiger partial charge in [0.1, 0.15) is 0 Å². The Balaban J connectivity index is 2.67. The van der Waals surface area contributed by atoms with E-state index in [2.05, 4.69) is 0 Å². The highest BCUT2D eigenvalue weighted by Gasteiger charge is 2.65. The zero-order valence-corrected chi connectivity index (χ0v) is 14.9. The van der Waals surface area contributed by atoms with Crippen molar-refractivity contribution in [2.75, 3.05) is 11.5 Å². The molecule has 0 aromatic heterocycles. The van der Waals surface area contributed by atoms with Gasteiger partial charge in [0.2, 0.25) is 0 Å². The number of hydrogen-bond donors (Lipinski definition) is 6. The van der Waals surface area contributed by atoms with Gasteiger partial charge in [0, 0.05) is 16.9 Å². The van der Waals surface area contributed by atoms with Crippen LogP contribution in [0.3, 0.4) is 0 Å². The smallest absolute Gasteiger partial charge is 0.386 e. The number of nitrogens with two attached hydrogens (primary N) is 2. The van der Waals surface area contributed by atoms with E-state index in [9.17, 15) is 33.5 Å². The Morgan fingerprint density at radius 2 is 1.42 bits per heavy atom. The predicted octanol–water partition coefficient (Wildman–Crippen LogP) is 1.17. The van der Waals surface area contributed by atoms with Crippen LogP contribution in [0.15, 0.2) is 48.5 Å². The Hall–Kier alpha value is -2.19. The summed E-state index contributed by atoms with van der Waals surface area (Å²) in [6.45, 7) is 0. The van der Waals surface area contributed by atoms with Gasteiger partial charge in [0.05, 0.1) is 5.56 Å². The summed E-state index contributed by atoms with van der Waals surface area (Å²) in [6, 6.07) is 9.43. The molecule has 140 valence electrons. The van der Waals surface area contributed by atoms with E-state index in [1.54, 1.807) is 0 Å². The molecule has 2 aromatic carbocycles. The molecule has 2 aromatic rings. The van der Waals surface area contributed by atoms with Gasteiger partial charge < -0.3 is 35.8 Å². The van der Waals surface area contributed by atoms with Gasteiger partial charge in [-0.1, -0.05) is 12.1 Å². The summed E-state index contributed by atoms with van der Waals surface area (Å²) < 4.78 is 29.0. The van der Waals surface area contributed by atoms with Crippen molar-refractivity contribution in [3.05, 3.63) is 59.7 Å². The number of carbonyl (C=O) groups is 1. The van der Waals surface area contributed by atoms with Crippen LogP contribution in [0.4, 0.5) is 11.4 Å². The Morgan fingerprint density at radius 3 is 1.88 bits per heavy atom. The van der Waals surface area contributed by atoms with Gasteiger partial charge in [-0.15, -0.1) is 0 Å². The first-order valence-corrected chi connectivity index (χ1v) is 10.2. The predicted molar refractivity (Wildman–Crippen MR) is 92.9 cm³/mol. The molecular weight excluding hydrogens is 386 g/mol. The summed E-state index contributed by atoms with van der Waals surface area (Å²) in [7, 11) is -11.5. The molecule has 0 aliphatic heterocycles. The van der Waals surface area contributed by atoms with E-state index >= 15 is 0 Å². The van der Waals surface area contributed by atoms with Crippen molar-refractivity contribution in [2.45, 2.75) is 5.08 Å². The molecule has 0 atom stereocenters. The van der Waals surface area contributed by atoms with Gasteiger partial charge in [0.25, 0.3) is 0 Å². The number of benzene rings is 2. The van der Waals surface area contributed by atoms with Crippen LogP contribution in [0.2, 0.25) is 0 Å². The fourth-order valence-corrected chi connectivity index (χ4v) is 4.94. The zero-order chi connectivity index (χ0) is 19.8. The summed E-state index contributed by atoms with van der Waals surface area (Å²) in [4.78, 5) is 51.3. The van der Waals surface area contributed by atoms with Crippen LogP contribution >= 0.6 is 15.2 Å². The molecule has 0 saturated carbocycles. The van der Waals surface area contributed by atoms with E-state index in [4.69, 9.17) is 16.2 Å². The van der Waals surface area contributed by atoms with E-state index < -0.39 is 31.8 Å². The SMILES string of the molecule is Nc1ccc(C(=O)OC(c2cccc(N)c2)(P(=O)(O)O)P(=O)(O)O)cc1. The maximum absolute atomic E-state index is 12.3. The van der Waals surface area contributed by atoms with Gasteiger partial charge in [-0.3, -0.25) is 9.13 Å². The minimum absolute atomic E-state index is 0.0442. The lowest BCUT2D eigenvalue weighted by Crippen LogP contribution is -2.33. The molecule has 0 aliphatic carbocycles. The van der Waals surface area contributed by atoms with E-state index in [0.717, 1.165) is 12.1 Å². The molecule has 0 heterocycles. The number of hydrogen-bond acceptors (Lipinski definition) is 6. The van der Waals surface area contributed by atoms with E-state index in [1.807, 2.05) is 0 Å². The van der Waals surface area contributed by atoms with E-state index in [1.165, 1.54) is 36.4 Å². The maximum atomic E-state index is 12.3. The van der Waals surface area contributed by atoms with E-state index in [0.29, 0.717) is 5.69 Å². The molecule has 2 rings (SSSR count). The normalized spacial score (nSPS) is 12.6. The van der Waals surface area contributed by atoms with Gasteiger partial charge in [-0.05, 0) is 36.4 Å². The molecule has 0 radical (unpaired) electrons. The highest BCUT2D eigenvalue weighted by molar-refractivity contribution is 7.71. The van der Waals surface area contributed by atoms with Crippen LogP contribution in [0, 0.1) is 0 Å². The molecule has 10 nitrogen and oxygen atoms in total. The van der Waals surface area contributed by atoms with Gasteiger partial charge >= 0.3 is 26.2 Å². The summed E-state index contributed by atoms with van der Waals surface area (Å²) in [5, 5.41) is -3.55. The Labute approximate surface area is 147 Å². The van der Waals surface area contributed by atoms with Gasteiger partial charge in [-0.25, -0.2) is 4.79 Å². The van der Waals surface area contributed by atoms with Crippen molar-refractivity contribution in [1.82, 2.24) is 0 Å². The van der Waals surface area contributed by atoms with Crippen molar-refractivity contribution in [1.29, 1.82) is 0 Å². The number of esters is 1. The molecule has 0 spiro atoms. The number of nitrogen functional groups attached to an aromatic ring is 2. The third-order valence-corrected chi connectivity index (χ3v) is 7.28. The average molecular weight is 402 g/mol. The van der Waals surface area contributed by atoms with Crippen LogP contribution in [-0.4, -0.2) is 25.5 Å². The van der Waals surface area contributed by atoms with Crippen LogP contribution in [-0.2, 0) is 19.0 Å². The standard InChI is InChI=1S/C14H16N2O8P2/c15-11-6-4-9(5-7-11)13(17)24-14(25(18,19)20,26(21,22)23)10-2-1-3-12(16)8-10/h1-8H,15-16H2,(H2,18,19,20)(H2,21,22,23). The topological polar surface area (TPSA) is 193 Å². The zero-order valence-electron chi connectivity index (χ0n) is 13.1. The fourth-order valence-electron chi connectivity index (χ4n) is 2.23. The van der Waals surface area contributed by atoms with Crippen LogP contribution in [0.25, 0.3) is 0 Å². The number of ether oxygens (including phenoxy) is 1. The summed E-state index contributed by atoms with van der Waals surface area (Å²) >= 11 is 0. The van der Waals surface area contributed by atoms with Crippen molar-refractivity contribution >= 4 is 32.5 Å². The fraction of sp³-hybridized carbons (Fsp3) is 0.0714. The lowest BCUT2D eigenvalue weighted by molar-refractivity contribution is 0.0228. The molecule has 0 bridgehead atoms. The Morgan fingerprint density at radius 1 is 0.885 bits per heavy atom. The van der Waals surface area contributed by atoms with Gasteiger partial charge in [-0.2, -0.15) is 0 Å². The Kier molecular flexibility index (Phi) is 5.30. The highest BCUT2D eigenvalue weighted by atomic mass is 31.2. The second-order valence-corrected chi connectivity index (χ2v) is 9.12. The molecule has 0 saturated heterocycles. The molecule has 26 heavy (non-hydrogen) atoms. The summed E-state index contributed by atoms with van der Waals surface area (Å²) in [5.41, 5.74) is 10.4. The number of rotatable bonds is 5. The summed E-state index contributed by atoms with van der Waals surface area (Å²) in [5.74, 6) is -1.36. The van der Waals surface area contributed by atoms with Crippen molar-refractivity contribution in [3.8, 4) is 0 Å². The van der Waals surface area contributed by atoms with E-state index in [-0.39, 0.29) is 11.3 Å². The highest BCUT2D eigenvalue weighted by Crippen LogP contribution is 2.75. The van der Waals surface area contributed by atoms with Crippen molar-refractivity contribution in [2.24, 2.45) is 0 Å². The molecule has 8 N–H and O–H groups in total. The first kappa shape index (κ1) is 20.1. The molecule has 0 amide bonds. The van der Waals surface area contributed by atoms with Crippen LogP contribution in [0.1, 0.15) is 15.9 Å². The first-order valence-electron chi connectivity index (χ1n) is 6.94. The van der Waals surface area contributed by atoms with Crippen LogP contribution in [0.5, 0.6) is 0 Å². The van der Waals surface area contributed by atoms with Crippen molar-refractivity contribution < 1.29 is 38.2 Å². The van der Waals surface area contributed by atoms with Crippen LogP contribution < -0.4 is 11.5 Å². The molecule has 12 heteroatoms. The Bertz CT molecular complexity index is 897. The lowest BCUT2D eigenvalue weighted by atomic mass is 10.2. The monoisotopic (exact) mass is 402 g/mol. The molecule has 0 aliphatic rings. The quantitative estimate of drug-likeness (QED) is 0.240. The van der Waals surface area contributed by atoms with Crippen molar-refractivity contribution in [3.63, 3.8) is 0 Å². The molecular formula is C14H16N2O8P2. The minimum atomic E-state index is -5.74. The summed E-state index contributed by atoms with van der Waals surface area (Å²) in [6.07, 6.45) is 0. The average Bonchev–Trinajstić information content (AvgIpc) is 2.50. The minimum Gasteiger partial charge on any atom is -0.424 e. The maximum Gasteiger partial charge on any atom is 0.386 e. The first-order chi connectivity index (χ1) is 11.9. The number of carbonyl (C=O) groups excluding carboxylic acids is 1. The van der Waals surface area contributed by atoms with Gasteiger partial charge in [0.15, 0.2) is 0 Å². The third-order valence-electron chi connectivity index (χ3n) is 3.43. The third kappa shape index (κ3) is 3.66. The lowest BCUT2D eigenvalue weighted by Gasteiger charge is -2.34. The molecule has 0 unspecified atom stereocenters. The second kappa shape index (κ2) is 6.85. The largest absolute Gasteiger partial charge is 0.424 e. The second-order valence-electron chi connectivity index (χ2n) is 5.33. The molecule has 0 fully saturated rings. The number of anilines is 2.